The van der Waals surface area contributed by atoms with Gasteiger partial charge in [0.15, 0.2) is 0 Å². The summed E-state index contributed by atoms with van der Waals surface area (Å²) in [5.41, 5.74) is 13.1. The maximum Gasteiger partial charge on any atom is 0.0526 e. The molecule has 1 aliphatic carbocycles. The van der Waals surface area contributed by atoms with Crippen LogP contribution in [0.3, 0.4) is 0 Å². The molecule has 0 aliphatic heterocycles. The van der Waals surface area contributed by atoms with Gasteiger partial charge in [0.1, 0.15) is 0 Å². The molecule has 0 spiro atoms. The number of hydrogen-bond donors (Lipinski definition) is 2. The highest BCUT2D eigenvalue weighted by atomic mass is 15.0. The van der Waals surface area contributed by atoms with E-state index in [0.717, 1.165) is 18.5 Å². The number of aromatic nitrogens is 1. The molecule has 0 saturated heterocycles. The average molecular weight is 514 g/mol. The number of anilines is 3. The van der Waals surface area contributed by atoms with Crippen LogP contribution in [0.15, 0.2) is 91.0 Å². The minimum atomic E-state index is 0.306. The quantitative estimate of drug-likeness (QED) is 0.227. The maximum absolute atomic E-state index is 3.91. The van der Waals surface area contributed by atoms with Gasteiger partial charge in [-0.2, -0.15) is 0 Å². The second-order valence-corrected chi connectivity index (χ2v) is 11.6. The lowest BCUT2D eigenvalue weighted by atomic mass is 9.92. The van der Waals surface area contributed by atoms with E-state index in [1.165, 1.54) is 55.8 Å². The highest BCUT2D eigenvalue weighted by molar-refractivity contribution is 5.98. The molecule has 1 heterocycles. The summed E-state index contributed by atoms with van der Waals surface area (Å²) in [6.45, 7) is 9.12. The minimum Gasteiger partial charge on any atom is -0.378 e. The Hall–Kier alpha value is -3.98. The van der Waals surface area contributed by atoms with Crippen LogP contribution in [0.5, 0.6) is 0 Å². The lowest BCUT2D eigenvalue weighted by Crippen LogP contribution is -2.09. The van der Waals surface area contributed by atoms with Gasteiger partial charge in [0.25, 0.3) is 0 Å². The standard InChI is InChI=1S/C36H39N3/c1-23(2)27-15-10-16-28(24(3)4)36(27)38-31-18-11-19-33-30(31)22-34(39(33)5)29-17-9-12-25-20-21-32(35(25)29)37-26-13-7-6-8-14-26/h6-19,22-24,32,37-38H,20-21H2,1-5H3. The summed E-state index contributed by atoms with van der Waals surface area (Å²) in [5, 5.41) is 8.98. The van der Waals surface area contributed by atoms with Crippen LogP contribution in [0.2, 0.25) is 0 Å². The third-order valence-electron chi connectivity index (χ3n) is 8.36. The van der Waals surface area contributed by atoms with E-state index in [4.69, 9.17) is 0 Å². The molecule has 4 aromatic carbocycles. The maximum atomic E-state index is 3.91. The zero-order valence-corrected chi connectivity index (χ0v) is 23.8. The first-order chi connectivity index (χ1) is 18.9. The van der Waals surface area contributed by atoms with Crippen molar-refractivity contribution in [2.75, 3.05) is 10.6 Å². The first-order valence-electron chi connectivity index (χ1n) is 14.3. The monoisotopic (exact) mass is 513 g/mol. The lowest BCUT2D eigenvalue weighted by molar-refractivity contribution is 0.762. The fourth-order valence-corrected chi connectivity index (χ4v) is 6.35. The molecule has 1 unspecified atom stereocenters. The zero-order chi connectivity index (χ0) is 27.1. The molecule has 3 heteroatoms. The zero-order valence-electron chi connectivity index (χ0n) is 23.8. The number of hydrogen-bond acceptors (Lipinski definition) is 2. The fraction of sp³-hybridized carbons (Fsp3) is 0.278. The van der Waals surface area contributed by atoms with Gasteiger partial charge in [0.2, 0.25) is 0 Å². The number of nitrogens with zero attached hydrogens (tertiary/aromatic N) is 1. The van der Waals surface area contributed by atoms with Crippen LogP contribution in [0.4, 0.5) is 17.1 Å². The summed E-state index contributed by atoms with van der Waals surface area (Å²) in [7, 11) is 2.21. The van der Waals surface area contributed by atoms with Crippen molar-refractivity contribution in [3.05, 3.63) is 113 Å². The van der Waals surface area contributed by atoms with E-state index >= 15 is 0 Å². The van der Waals surface area contributed by atoms with Crippen molar-refractivity contribution in [2.45, 2.75) is 58.4 Å². The number of nitrogens with one attached hydrogen (secondary N) is 2. The Balaban J connectivity index is 1.45. The van der Waals surface area contributed by atoms with Crippen LogP contribution in [0, 0.1) is 0 Å². The van der Waals surface area contributed by atoms with E-state index in [1.807, 2.05) is 0 Å². The molecule has 5 aromatic rings. The molecule has 3 nitrogen and oxygen atoms in total. The summed E-state index contributed by atoms with van der Waals surface area (Å²) in [6.07, 6.45) is 2.22. The van der Waals surface area contributed by atoms with Crippen LogP contribution in [0.1, 0.15) is 74.2 Å². The van der Waals surface area contributed by atoms with Crippen LogP contribution in [-0.2, 0) is 13.5 Å². The molecule has 198 valence electrons. The molecular weight excluding hydrogens is 474 g/mol. The minimum absolute atomic E-state index is 0.306. The Bertz CT molecular complexity index is 1600. The molecule has 0 saturated carbocycles. The van der Waals surface area contributed by atoms with Crippen LogP contribution in [0.25, 0.3) is 22.2 Å². The molecule has 39 heavy (non-hydrogen) atoms. The fourth-order valence-electron chi connectivity index (χ4n) is 6.35. The Morgan fingerprint density at radius 3 is 2.18 bits per heavy atom. The Kier molecular flexibility index (Phi) is 6.68. The molecule has 0 radical (unpaired) electrons. The first kappa shape index (κ1) is 25.3. The number of fused-ring (bicyclic) bond motifs is 2. The summed E-state index contributed by atoms with van der Waals surface area (Å²) in [6, 6.07) is 33.5. The van der Waals surface area contributed by atoms with Gasteiger partial charge in [-0.3, -0.25) is 0 Å². The van der Waals surface area contributed by atoms with Gasteiger partial charge >= 0.3 is 0 Å². The predicted molar refractivity (Wildman–Crippen MR) is 167 cm³/mol. The smallest absolute Gasteiger partial charge is 0.0526 e. The van der Waals surface area contributed by atoms with Gasteiger partial charge in [-0.15, -0.1) is 0 Å². The Morgan fingerprint density at radius 1 is 0.769 bits per heavy atom. The highest BCUT2D eigenvalue weighted by Crippen LogP contribution is 2.43. The summed E-state index contributed by atoms with van der Waals surface area (Å²) >= 11 is 0. The second kappa shape index (κ2) is 10.3. The highest BCUT2D eigenvalue weighted by Gasteiger charge is 2.27. The molecule has 0 bridgehead atoms. The molecular formula is C36H39N3. The van der Waals surface area contributed by atoms with E-state index in [0.29, 0.717) is 17.9 Å². The molecule has 1 aliphatic rings. The molecule has 1 atom stereocenters. The summed E-state index contributed by atoms with van der Waals surface area (Å²) in [5.74, 6) is 0.885. The Morgan fingerprint density at radius 2 is 1.46 bits per heavy atom. The topological polar surface area (TPSA) is 29.0 Å². The van der Waals surface area contributed by atoms with E-state index in [9.17, 15) is 0 Å². The van der Waals surface area contributed by atoms with E-state index in [1.54, 1.807) is 0 Å². The SMILES string of the molecule is CC(C)c1cccc(C(C)C)c1Nc1cccc2c1cc(-c1cccc3c1C(Nc1ccccc1)CC3)n2C. The van der Waals surface area contributed by atoms with Crippen molar-refractivity contribution in [1.29, 1.82) is 0 Å². The van der Waals surface area contributed by atoms with Crippen LogP contribution < -0.4 is 10.6 Å². The summed E-state index contributed by atoms with van der Waals surface area (Å²) in [4.78, 5) is 0. The van der Waals surface area contributed by atoms with Crippen molar-refractivity contribution in [3.8, 4) is 11.3 Å². The van der Waals surface area contributed by atoms with Gasteiger partial charge in [0, 0.05) is 40.8 Å². The van der Waals surface area contributed by atoms with Gasteiger partial charge in [-0.1, -0.05) is 88.4 Å². The third-order valence-corrected chi connectivity index (χ3v) is 8.36. The van der Waals surface area contributed by atoms with Gasteiger partial charge in [-0.25, -0.2) is 0 Å². The van der Waals surface area contributed by atoms with Crippen molar-refractivity contribution in [1.82, 2.24) is 4.57 Å². The van der Waals surface area contributed by atoms with Crippen molar-refractivity contribution in [3.63, 3.8) is 0 Å². The predicted octanol–water partition coefficient (Wildman–Crippen LogP) is 9.94. The number of para-hydroxylation sites is 2. The van der Waals surface area contributed by atoms with Crippen LogP contribution >= 0.6 is 0 Å². The number of aryl methyl sites for hydroxylation is 2. The van der Waals surface area contributed by atoms with Crippen molar-refractivity contribution < 1.29 is 0 Å². The molecule has 2 N–H and O–H groups in total. The molecule has 1 aromatic heterocycles. The number of benzene rings is 4. The Labute approximate surface area is 232 Å². The third kappa shape index (κ3) is 4.61. The van der Waals surface area contributed by atoms with Gasteiger partial charge < -0.3 is 15.2 Å². The average Bonchev–Trinajstić information content (AvgIpc) is 3.50. The van der Waals surface area contributed by atoms with E-state index in [-0.39, 0.29) is 0 Å². The summed E-state index contributed by atoms with van der Waals surface area (Å²) < 4.78 is 2.37. The van der Waals surface area contributed by atoms with Crippen molar-refractivity contribution in [2.24, 2.45) is 7.05 Å². The molecule has 0 amide bonds. The lowest BCUT2D eigenvalue weighted by Gasteiger charge is -2.21. The number of rotatable bonds is 7. The second-order valence-electron chi connectivity index (χ2n) is 11.6. The molecule has 6 rings (SSSR count). The van der Waals surface area contributed by atoms with Crippen LogP contribution in [-0.4, -0.2) is 4.57 Å². The first-order valence-corrected chi connectivity index (χ1v) is 14.3. The van der Waals surface area contributed by atoms with Crippen molar-refractivity contribution >= 4 is 28.0 Å². The largest absolute Gasteiger partial charge is 0.378 e. The van der Waals surface area contributed by atoms with E-state index < -0.39 is 0 Å². The van der Waals surface area contributed by atoms with E-state index in [2.05, 4.69) is 141 Å². The normalized spacial score (nSPS) is 14.8. The molecule has 0 fully saturated rings. The van der Waals surface area contributed by atoms with Gasteiger partial charge in [0.05, 0.1) is 11.6 Å². The van der Waals surface area contributed by atoms with Gasteiger partial charge in [-0.05, 0) is 77.3 Å².